The SMILES string of the molecule is Cc1ccc(SC(C)(C)O[PH](=O)OC(C)(C)Sc2ccc(C)cc2)cc1. The van der Waals surface area contributed by atoms with E-state index < -0.39 is 18.1 Å². The lowest BCUT2D eigenvalue weighted by Crippen LogP contribution is -2.20. The molecule has 0 radical (unpaired) electrons. The van der Waals surface area contributed by atoms with E-state index in [1.54, 1.807) is 0 Å². The van der Waals surface area contributed by atoms with Crippen LogP contribution in [0.4, 0.5) is 0 Å². The molecule has 0 unspecified atom stereocenters. The van der Waals surface area contributed by atoms with E-state index in [1.165, 1.54) is 34.7 Å². The summed E-state index contributed by atoms with van der Waals surface area (Å²) in [6.45, 7) is 11.7. The summed E-state index contributed by atoms with van der Waals surface area (Å²) in [5, 5.41) is 0. The predicted octanol–water partition coefficient (Wildman–Crippen LogP) is 7.08. The van der Waals surface area contributed by atoms with Gasteiger partial charge in [0, 0.05) is 9.79 Å². The Morgan fingerprint density at radius 2 is 1.00 bits per heavy atom. The third kappa shape index (κ3) is 7.50. The molecule has 0 aliphatic rings. The highest BCUT2D eigenvalue weighted by atomic mass is 32.2. The van der Waals surface area contributed by atoms with Crippen LogP contribution in [0.3, 0.4) is 0 Å². The highest BCUT2D eigenvalue weighted by Gasteiger charge is 2.29. The molecule has 2 aromatic rings. The lowest BCUT2D eigenvalue weighted by atomic mass is 10.2. The first-order valence-electron chi connectivity index (χ1n) is 8.48. The molecule has 0 saturated carbocycles. The fourth-order valence-electron chi connectivity index (χ4n) is 2.24. The first-order chi connectivity index (χ1) is 12.0. The summed E-state index contributed by atoms with van der Waals surface area (Å²) >= 11 is 3.06. The predicted molar refractivity (Wildman–Crippen MR) is 113 cm³/mol. The van der Waals surface area contributed by atoms with Crippen LogP contribution in [-0.2, 0) is 13.6 Å². The summed E-state index contributed by atoms with van der Waals surface area (Å²) < 4.78 is 24.0. The summed E-state index contributed by atoms with van der Waals surface area (Å²) in [6.07, 6.45) is 0. The third-order valence-electron chi connectivity index (χ3n) is 3.43. The summed E-state index contributed by atoms with van der Waals surface area (Å²) in [6, 6.07) is 16.4. The number of rotatable bonds is 8. The second-order valence-electron chi connectivity index (χ2n) is 7.08. The van der Waals surface area contributed by atoms with Gasteiger partial charge in [-0.2, -0.15) is 0 Å². The lowest BCUT2D eigenvalue weighted by Gasteiger charge is -2.28. The van der Waals surface area contributed by atoms with E-state index >= 15 is 0 Å². The van der Waals surface area contributed by atoms with Gasteiger partial charge in [0.25, 0.3) is 0 Å². The van der Waals surface area contributed by atoms with Crippen molar-refractivity contribution < 1.29 is 13.6 Å². The summed E-state index contributed by atoms with van der Waals surface area (Å²) in [5.74, 6) is 0. The third-order valence-corrected chi connectivity index (χ3v) is 7.24. The maximum Gasteiger partial charge on any atom is 0.321 e. The van der Waals surface area contributed by atoms with Crippen LogP contribution in [-0.4, -0.2) is 9.87 Å². The fourth-order valence-corrected chi connectivity index (χ4v) is 5.51. The molecule has 0 saturated heterocycles. The van der Waals surface area contributed by atoms with Crippen molar-refractivity contribution in [2.45, 2.75) is 61.2 Å². The molecule has 26 heavy (non-hydrogen) atoms. The minimum Gasteiger partial charge on any atom is -0.293 e. The van der Waals surface area contributed by atoms with E-state index in [2.05, 4.69) is 38.1 Å². The average Bonchev–Trinajstić information content (AvgIpc) is 2.50. The van der Waals surface area contributed by atoms with Crippen LogP contribution in [0.25, 0.3) is 0 Å². The van der Waals surface area contributed by atoms with Crippen LogP contribution in [0.1, 0.15) is 38.8 Å². The molecule has 0 fully saturated rings. The first-order valence-corrected chi connectivity index (χ1v) is 11.3. The van der Waals surface area contributed by atoms with Gasteiger partial charge in [-0.1, -0.05) is 58.9 Å². The zero-order chi connectivity index (χ0) is 19.4. The van der Waals surface area contributed by atoms with Crippen molar-refractivity contribution in [2.24, 2.45) is 0 Å². The fraction of sp³-hybridized carbons (Fsp3) is 0.400. The van der Waals surface area contributed by atoms with Gasteiger partial charge in [-0.15, -0.1) is 0 Å². The van der Waals surface area contributed by atoms with Crippen molar-refractivity contribution in [3.8, 4) is 0 Å². The quantitative estimate of drug-likeness (QED) is 0.264. The molecule has 0 spiro atoms. The molecule has 3 nitrogen and oxygen atoms in total. The van der Waals surface area contributed by atoms with Gasteiger partial charge in [0.1, 0.15) is 9.87 Å². The van der Waals surface area contributed by atoms with Crippen molar-refractivity contribution in [1.82, 2.24) is 0 Å². The molecule has 0 aromatic heterocycles. The molecule has 0 aliphatic carbocycles. The molecule has 142 valence electrons. The van der Waals surface area contributed by atoms with E-state index in [0.29, 0.717) is 0 Å². The lowest BCUT2D eigenvalue weighted by molar-refractivity contribution is 0.130. The molecule has 0 atom stereocenters. The topological polar surface area (TPSA) is 35.5 Å². The highest BCUT2D eigenvalue weighted by Crippen LogP contribution is 2.46. The summed E-state index contributed by atoms with van der Waals surface area (Å²) in [7, 11) is -2.65. The van der Waals surface area contributed by atoms with Crippen molar-refractivity contribution in [3.05, 3.63) is 59.7 Å². The molecule has 0 N–H and O–H groups in total. The van der Waals surface area contributed by atoms with Gasteiger partial charge in [-0.05, 0) is 65.8 Å². The van der Waals surface area contributed by atoms with Gasteiger partial charge in [-0.25, -0.2) is 0 Å². The maximum absolute atomic E-state index is 12.5. The van der Waals surface area contributed by atoms with E-state index in [-0.39, 0.29) is 0 Å². The van der Waals surface area contributed by atoms with Crippen LogP contribution in [0, 0.1) is 13.8 Å². The minimum atomic E-state index is -2.65. The van der Waals surface area contributed by atoms with Crippen LogP contribution in [0.2, 0.25) is 0 Å². The maximum atomic E-state index is 12.5. The van der Waals surface area contributed by atoms with E-state index in [9.17, 15) is 4.57 Å². The van der Waals surface area contributed by atoms with Crippen molar-refractivity contribution in [3.63, 3.8) is 0 Å². The van der Waals surface area contributed by atoms with Gasteiger partial charge in [0.05, 0.1) is 0 Å². The molecular weight excluding hydrogens is 383 g/mol. The molecule has 2 aromatic carbocycles. The number of hydrogen-bond acceptors (Lipinski definition) is 5. The molecule has 2 rings (SSSR count). The van der Waals surface area contributed by atoms with Gasteiger partial charge < -0.3 is 0 Å². The molecule has 0 aliphatic heterocycles. The van der Waals surface area contributed by atoms with Gasteiger partial charge in [0.15, 0.2) is 0 Å². The number of benzene rings is 2. The number of hydrogen-bond donors (Lipinski definition) is 0. The summed E-state index contributed by atoms with van der Waals surface area (Å²) in [5.41, 5.74) is 2.42. The van der Waals surface area contributed by atoms with Crippen molar-refractivity contribution >= 4 is 31.8 Å². The Bertz CT molecular complexity index is 677. The zero-order valence-corrected chi connectivity index (χ0v) is 18.8. The van der Waals surface area contributed by atoms with Crippen molar-refractivity contribution in [1.29, 1.82) is 0 Å². The van der Waals surface area contributed by atoms with Crippen LogP contribution in [0.15, 0.2) is 58.3 Å². The Morgan fingerprint density at radius 3 is 1.31 bits per heavy atom. The Labute approximate surface area is 166 Å². The molecule has 6 heteroatoms. The number of thioether (sulfide) groups is 2. The largest absolute Gasteiger partial charge is 0.321 e. The molecule has 0 heterocycles. The zero-order valence-electron chi connectivity index (χ0n) is 16.2. The Kier molecular flexibility index (Phi) is 7.46. The Morgan fingerprint density at radius 1 is 0.692 bits per heavy atom. The van der Waals surface area contributed by atoms with Crippen molar-refractivity contribution in [2.75, 3.05) is 0 Å². The van der Waals surface area contributed by atoms with E-state index in [1.807, 2.05) is 52.0 Å². The second kappa shape index (κ2) is 8.99. The first kappa shape index (κ1) is 21.6. The van der Waals surface area contributed by atoms with E-state index in [4.69, 9.17) is 9.05 Å². The van der Waals surface area contributed by atoms with Crippen LogP contribution in [0.5, 0.6) is 0 Å². The normalized spacial score (nSPS) is 12.6. The molecule has 0 bridgehead atoms. The Hall–Kier alpha value is -0.710. The minimum absolute atomic E-state index is 0.643. The van der Waals surface area contributed by atoms with Crippen LogP contribution < -0.4 is 0 Å². The number of aryl methyl sites for hydroxylation is 2. The Balaban J connectivity index is 1.92. The monoisotopic (exact) mass is 410 g/mol. The van der Waals surface area contributed by atoms with Crippen LogP contribution >= 0.6 is 31.8 Å². The van der Waals surface area contributed by atoms with E-state index in [0.717, 1.165) is 9.79 Å². The molecule has 0 amide bonds. The average molecular weight is 411 g/mol. The summed E-state index contributed by atoms with van der Waals surface area (Å²) in [4.78, 5) is 0.860. The smallest absolute Gasteiger partial charge is 0.293 e. The van der Waals surface area contributed by atoms with Gasteiger partial charge in [0.2, 0.25) is 0 Å². The highest BCUT2D eigenvalue weighted by molar-refractivity contribution is 8.01. The second-order valence-corrected chi connectivity index (χ2v) is 11.3. The standard InChI is InChI=1S/C20H27O3PS2/c1-15-7-11-17(12-8-15)25-19(3,4)22-24(21)23-20(5,6)26-18-13-9-16(2)10-14-18/h7-14,24H,1-6H3. The molecular formula is C20H27O3PS2. The van der Waals surface area contributed by atoms with Gasteiger partial charge in [-0.3, -0.25) is 13.6 Å². The van der Waals surface area contributed by atoms with Gasteiger partial charge >= 0.3 is 8.25 Å².